The number of hydrogen-bond acceptors (Lipinski definition) is 2. The van der Waals surface area contributed by atoms with Crippen LogP contribution in [0.1, 0.15) is 234 Å². The van der Waals surface area contributed by atoms with Crippen molar-refractivity contribution in [2.45, 2.75) is 234 Å². The minimum Gasteiger partial charge on any atom is -0.304 e. The first-order chi connectivity index (χ1) is 22.2. The molecule has 0 bridgehead atoms. The number of nitrogens with zero attached hydrogens (tertiary/aromatic N) is 2. The molecular weight excluding hydrogens is 544 g/mol. The van der Waals surface area contributed by atoms with Gasteiger partial charge in [0, 0.05) is 0 Å². The maximum atomic E-state index is 2.85. The molecule has 0 radical (unpaired) electrons. The monoisotopic (exact) mass is 635 g/mol. The van der Waals surface area contributed by atoms with Crippen LogP contribution in [0.25, 0.3) is 0 Å². The lowest BCUT2D eigenvalue weighted by Gasteiger charge is -2.25. The van der Waals surface area contributed by atoms with Gasteiger partial charge in [0.2, 0.25) is 0 Å². The average Bonchev–Trinajstić information content (AvgIpc) is 3.88. The van der Waals surface area contributed by atoms with E-state index in [0.717, 1.165) is 5.92 Å². The van der Waals surface area contributed by atoms with Crippen LogP contribution >= 0.6 is 0 Å². The Morgan fingerprint density at radius 2 is 0.622 bits per heavy atom. The fourth-order valence-corrected chi connectivity index (χ4v) is 6.81. The molecule has 0 saturated heterocycles. The molecule has 0 aliphatic heterocycles. The van der Waals surface area contributed by atoms with Gasteiger partial charge < -0.3 is 9.80 Å². The van der Waals surface area contributed by atoms with E-state index in [4.69, 9.17) is 0 Å². The molecule has 0 aromatic heterocycles. The summed E-state index contributed by atoms with van der Waals surface area (Å²) in [7, 11) is 0. The molecule has 0 aromatic carbocycles. The molecule has 1 saturated carbocycles. The van der Waals surface area contributed by atoms with Crippen molar-refractivity contribution >= 4 is 0 Å². The van der Waals surface area contributed by atoms with Crippen LogP contribution in [0.5, 0.6) is 0 Å². The Bertz CT molecular complexity index is 490. The normalized spacial score (nSPS) is 13.1. The Labute approximate surface area is 288 Å². The summed E-state index contributed by atoms with van der Waals surface area (Å²) in [6.45, 7) is 19.3. The molecule has 0 atom stereocenters. The maximum Gasteiger partial charge on any atom is -0.000655 e. The van der Waals surface area contributed by atoms with Gasteiger partial charge in [-0.05, 0) is 70.9 Å². The molecule has 0 N–H and O–H groups in total. The highest BCUT2D eigenvalue weighted by Crippen LogP contribution is 2.34. The van der Waals surface area contributed by atoms with Crippen molar-refractivity contribution in [3.8, 4) is 0 Å². The minimum atomic E-state index is 1.12. The fraction of sp³-hybridized carbons (Fsp3) is 1.00. The summed E-state index contributed by atoms with van der Waals surface area (Å²) < 4.78 is 0. The lowest BCUT2D eigenvalue weighted by atomic mass is 10.1. The van der Waals surface area contributed by atoms with E-state index >= 15 is 0 Å². The summed E-state index contributed by atoms with van der Waals surface area (Å²) in [4.78, 5) is 5.58. The Morgan fingerprint density at radius 1 is 0.311 bits per heavy atom. The zero-order valence-electron chi connectivity index (χ0n) is 32.6. The molecule has 0 amide bonds. The van der Waals surface area contributed by atoms with Gasteiger partial charge >= 0.3 is 0 Å². The first-order valence-electron chi connectivity index (χ1n) is 21.7. The SMILES string of the molecule is CCCCC.CCCCCCCCCCCCN(CCCCCCCCCCCC)CCCN(CC)CCCCCCC1CC1. The van der Waals surface area contributed by atoms with Gasteiger partial charge in [-0.25, -0.2) is 0 Å². The summed E-state index contributed by atoms with van der Waals surface area (Å²) in [5.74, 6) is 1.12. The van der Waals surface area contributed by atoms with Crippen molar-refractivity contribution in [2.24, 2.45) is 5.92 Å². The Morgan fingerprint density at radius 3 is 0.978 bits per heavy atom. The van der Waals surface area contributed by atoms with E-state index in [1.165, 1.54) is 238 Å². The molecule has 2 heteroatoms. The highest BCUT2D eigenvalue weighted by Gasteiger charge is 2.19. The molecular formula is C43H90N2. The van der Waals surface area contributed by atoms with Crippen molar-refractivity contribution in [1.29, 1.82) is 0 Å². The van der Waals surface area contributed by atoms with Crippen LogP contribution < -0.4 is 0 Å². The van der Waals surface area contributed by atoms with Gasteiger partial charge in [-0.2, -0.15) is 0 Å². The van der Waals surface area contributed by atoms with E-state index in [-0.39, 0.29) is 0 Å². The summed E-state index contributed by atoms with van der Waals surface area (Å²) in [5.41, 5.74) is 0. The van der Waals surface area contributed by atoms with Crippen LogP contribution in [0.15, 0.2) is 0 Å². The molecule has 0 spiro atoms. The average molecular weight is 635 g/mol. The summed E-state index contributed by atoms with van der Waals surface area (Å²) in [6.07, 6.45) is 44.8. The van der Waals surface area contributed by atoms with Gasteiger partial charge in [-0.15, -0.1) is 0 Å². The topological polar surface area (TPSA) is 6.48 Å². The Hall–Kier alpha value is -0.0800. The van der Waals surface area contributed by atoms with E-state index < -0.39 is 0 Å². The standard InChI is InChI=1S/C38H78N2.C5H12/c1-4-7-9-11-13-15-17-19-22-27-34-40(35-28-23-20-18-16-14-12-10-8-5-2)37-29-36-39(6-3)33-26-24-21-25-30-38-31-32-38;1-3-5-4-2/h38H,4-37H2,1-3H3;3-5H2,1-2H3. The highest BCUT2D eigenvalue weighted by atomic mass is 15.1. The number of rotatable bonds is 36. The number of hydrogen-bond donors (Lipinski definition) is 0. The molecule has 0 heterocycles. The van der Waals surface area contributed by atoms with Crippen LogP contribution in [0.2, 0.25) is 0 Å². The Kier molecular flexibility index (Phi) is 38.3. The number of unbranched alkanes of at least 4 members (excludes halogenated alkanes) is 23. The first-order valence-corrected chi connectivity index (χ1v) is 21.7. The second-order valence-electron chi connectivity index (χ2n) is 15.0. The van der Waals surface area contributed by atoms with E-state index in [9.17, 15) is 0 Å². The van der Waals surface area contributed by atoms with Crippen LogP contribution in [-0.2, 0) is 0 Å². The quantitative estimate of drug-likeness (QED) is 0.0633. The predicted octanol–water partition coefficient (Wildman–Crippen LogP) is 14.4. The van der Waals surface area contributed by atoms with Crippen molar-refractivity contribution < 1.29 is 0 Å². The van der Waals surface area contributed by atoms with E-state index in [1.807, 2.05) is 0 Å². The van der Waals surface area contributed by atoms with Crippen LogP contribution in [0.3, 0.4) is 0 Å². The summed E-state index contributed by atoms with van der Waals surface area (Å²) in [6, 6.07) is 0. The van der Waals surface area contributed by atoms with Crippen molar-refractivity contribution in [3.63, 3.8) is 0 Å². The molecule has 1 aliphatic carbocycles. The van der Waals surface area contributed by atoms with Crippen molar-refractivity contribution in [3.05, 3.63) is 0 Å². The third-order valence-corrected chi connectivity index (χ3v) is 10.3. The van der Waals surface area contributed by atoms with Gasteiger partial charge in [-0.3, -0.25) is 0 Å². The van der Waals surface area contributed by atoms with E-state index in [2.05, 4.69) is 44.4 Å². The predicted molar refractivity (Wildman–Crippen MR) is 208 cm³/mol. The van der Waals surface area contributed by atoms with Gasteiger partial charge in [0.05, 0.1) is 0 Å². The zero-order valence-corrected chi connectivity index (χ0v) is 32.6. The van der Waals surface area contributed by atoms with Crippen molar-refractivity contribution in [2.75, 3.05) is 39.3 Å². The lowest BCUT2D eigenvalue weighted by molar-refractivity contribution is 0.222. The smallest absolute Gasteiger partial charge is 0.000655 e. The van der Waals surface area contributed by atoms with Crippen molar-refractivity contribution in [1.82, 2.24) is 9.80 Å². The molecule has 272 valence electrons. The summed E-state index contributed by atoms with van der Waals surface area (Å²) in [5, 5.41) is 0. The molecule has 1 fully saturated rings. The molecule has 1 aliphatic rings. The maximum absolute atomic E-state index is 2.85. The summed E-state index contributed by atoms with van der Waals surface area (Å²) >= 11 is 0. The molecule has 0 aromatic rings. The second kappa shape index (κ2) is 38.4. The first kappa shape index (κ1) is 44.9. The van der Waals surface area contributed by atoms with E-state index in [0.29, 0.717) is 0 Å². The van der Waals surface area contributed by atoms with Gasteiger partial charge in [0.15, 0.2) is 0 Å². The lowest BCUT2D eigenvalue weighted by Crippen LogP contribution is -2.32. The molecule has 2 nitrogen and oxygen atoms in total. The fourth-order valence-electron chi connectivity index (χ4n) is 6.81. The van der Waals surface area contributed by atoms with Crippen LogP contribution in [0.4, 0.5) is 0 Å². The highest BCUT2D eigenvalue weighted by molar-refractivity contribution is 4.72. The van der Waals surface area contributed by atoms with E-state index in [1.54, 1.807) is 0 Å². The third kappa shape index (κ3) is 36.6. The molecule has 0 unspecified atom stereocenters. The van der Waals surface area contributed by atoms with Gasteiger partial charge in [0.25, 0.3) is 0 Å². The zero-order chi connectivity index (χ0) is 32.9. The second-order valence-corrected chi connectivity index (χ2v) is 15.0. The Balaban J connectivity index is 0.00000356. The molecule has 1 rings (SSSR count). The van der Waals surface area contributed by atoms with Gasteiger partial charge in [0.1, 0.15) is 0 Å². The molecule has 45 heavy (non-hydrogen) atoms. The van der Waals surface area contributed by atoms with Gasteiger partial charge in [-0.1, -0.05) is 208 Å². The largest absolute Gasteiger partial charge is 0.304 e. The van der Waals surface area contributed by atoms with Crippen LogP contribution in [-0.4, -0.2) is 49.1 Å². The van der Waals surface area contributed by atoms with Crippen LogP contribution in [0, 0.1) is 5.92 Å². The minimum absolute atomic E-state index is 1.12. The third-order valence-electron chi connectivity index (χ3n) is 10.3.